The van der Waals surface area contributed by atoms with Crippen LogP contribution in [0.25, 0.3) is 0 Å². The summed E-state index contributed by atoms with van der Waals surface area (Å²) in [6.07, 6.45) is -8.08. The molecular formula is C14H17F6N. The van der Waals surface area contributed by atoms with Gasteiger partial charge in [-0.25, -0.2) is 0 Å². The van der Waals surface area contributed by atoms with Crippen molar-refractivity contribution in [3.05, 3.63) is 34.9 Å². The van der Waals surface area contributed by atoms with Crippen molar-refractivity contribution in [3.8, 4) is 0 Å². The van der Waals surface area contributed by atoms with Crippen LogP contribution in [-0.4, -0.2) is 6.54 Å². The lowest BCUT2D eigenvalue weighted by atomic mass is 9.94. The molecule has 0 amide bonds. The molecule has 0 saturated carbocycles. The first-order valence-electron chi connectivity index (χ1n) is 6.52. The van der Waals surface area contributed by atoms with Crippen LogP contribution in [0.15, 0.2) is 18.2 Å². The number of alkyl halides is 6. The molecule has 0 aromatic heterocycles. The van der Waals surface area contributed by atoms with Crippen LogP contribution in [0, 0.1) is 5.92 Å². The van der Waals surface area contributed by atoms with Gasteiger partial charge in [0.15, 0.2) is 0 Å². The van der Waals surface area contributed by atoms with Gasteiger partial charge in [0.2, 0.25) is 0 Å². The molecule has 1 atom stereocenters. The van der Waals surface area contributed by atoms with Gasteiger partial charge in [-0.2, -0.15) is 26.3 Å². The molecule has 0 spiro atoms. The van der Waals surface area contributed by atoms with Crippen molar-refractivity contribution in [1.82, 2.24) is 0 Å². The first-order chi connectivity index (χ1) is 9.54. The van der Waals surface area contributed by atoms with Crippen LogP contribution in [0.4, 0.5) is 26.3 Å². The molecular weight excluding hydrogens is 296 g/mol. The van der Waals surface area contributed by atoms with Gasteiger partial charge in [0.1, 0.15) is 0 Å². The molecule has 2 N–H and O–H groups in total. The maximum atomic E-state index is 12.7. The Kier molecular flexibility index (Phi) is 5.67. The Balaban J connectivity index is 3.08. The minimum atomic E-state index is -4.80. The summed E-state index contributed by atoms with van der Waals surface area (Å²) < 4.78 is 76.2. The van der Waals surface area contributed by atoms with Gasteiger partial charge in [-0.1, -0.05) is 6.92 Å². The number of hydrogen-bond donors (Lipinski definition) is 1. The van der Waals surface area contributed by atoms with E-state index in [0.29, 0.717) is 19.4 Å². The van der Waals surface area contributed by atoms with E-state index < -0.39 is 23.5 Å². The zero-order valence-corrected chi connectivity index (χ0v) is 11.5. The van der Waals surface area contributed by atoms with E-state index >= 15 is 0 Å². The maximum absolute atomic E-state index is 12.7. The Hall–Kier alpha value is -1.24. The third-order valence-electron chi connectivity index (χ3n) is 3.13. The molecule has 7 heteroatoms. The number of benzene rings is 1. The molecule has 1 nitrogen and oxygen atoms in total. The van der Waals surface area contributed by atoms with Crippen molar-refractivity contribution in [2.45, 2.75) is 38.5 Å². The van der Waals surface area contributed by atoms with Gasteiger partial charge in [0.25, 0.3) is 0 Å². The Morgan fingerprint density at radius 2 is 1.43 bits per heavy atom. The minimum Gasteiger partial charge on any atom is -0.330 e. The Labute approximate surface area is 119 Å². The molecule has 0 aliphatic carbocycles. The second kappa shape index (κ2) is 6.68. The zero-order valence-electron chi connectivity index (χ0n) is 11.5. The van der Waals surface area contributed by atoms with Crippen LogP contribution in [-0.2, 0) is 18.8 Å². The van der Waals surface area contributed by atoms with Crippen molar-refractivity contribution in [3.63, 3.8) is 0 Å². The first-order valence-corrected chi connectivity index (χ1v) is 6.52. The van der Waals surface area contributed by atoms with E-state index in [0.717, 1.165) is 12.1 Å². The summed E-state index contributed by atoms with van der Waals surface area (Å²) in [4.78, 5) is 0. The molecule has 1 aromatic carbocycles. The Morgan fingerprint density at radius 3 is 1.81 bits per heavy atom. The fourth-order valence-electron chi connectivity index (χ4n) is 2.11. The average molecular weight is 313 g/mol. The summed E-state index contributed by atoms with van der Waals surface area (Å²) in [5.74, 6) is -0.0295. The molecule has 0 fully saturated rings. The number of rotatable bonds is 5. The van der Waals surface area contributed by atoms with Crippen molar-refractivity contribution >= 4 is 0 Å². The summed E-state index contributed by atoms with van der Waals surface area (Å²) in [7, 11) is 0. The highest BCUT2D eigenvalue weighted by atomic mass is 19.4. The second-order valence-corrected chi connectivity index (χ2v) is 5.15. The van der Waals surface area contributed by atoms with Gasteiger partial charge < -0.3 is 5.73 Å². The van der Waals surface area contributed by atoms with Crippen LogP contribution >= 0.6 is 0 Å². The maximum Gasteiger partial charge on any atom is 0.416 e. The Bertz CT molecular complexity index is 431. The quantitative estimate of drug-likeness (QED) is 0.787. The van der Waals surface area contributed by atoms with Gasteiger partial charge in [-0.05, 0) is 55.5 Å². The van der Waals surface area contributed by atoms with E-state index in [-0.39, 0.29) is 24.0 Å². The molecule has 21 heavy (non-hydrogen) atoms. The fraction of sp³-hybridized carbons (Fsp3) is 0.571. The smallest absolute Gasteiger partial charge is 0.330 e. The fourth-order valence-corrected chi connectivity index (χ4v) is 2.11. The van der Waals surface area contributed by atoms with E-state index in [2.05, 4.69) is 0 Å². The van der Waals surface area contributed by atoms with E-state index in [1.165, 1.54) is 0 Å². The molecule has 0 radical (unpaired) electrons. The summed E-state index contributed by atoms with van der Waals surface area (Å²) in [6.45, 7) is 2.23. The lowest BCUT2D eigenvalue weighted by Gasteiger charge is -2.16. The third kappa shape index (κ3) is 5.57. The van der Waals surface area contributed by atoms with Crippen molar-refractivity contribution in [2.24, 2.45) is 11.7 Å². The summed E-state index contributed by atoms with van der Waals surface area (Å²) in [5, 5.41) is 0. The summed E-state index contributed by atoms with van der Waals surface area (Å²) >= 11 is 0. The second-order valence-electron chi connectivity index (χ2n) is 5.15. The van der Waals surface area contributed by atoms with Crippen LogP contribution in [0.1, 0.15) is 36.5 Å². The monoisotopic (exact) mass is 313 g/mol. The SMILES string of the molecule is CC(CCCN)Cc1cc(C(F)(F)F)cc(C(F)(F)F)c1. The molecule has 0 aliphatic heterocycles. The molecule has 1 unspecified atom stereocenters. The average Bonchev–Trinajstić information content (AvgIpc) is 2.34. The molecule has 1 rings (SSSR count). The number of halogens is 6. The molecule has 0 aliphatic rings. The van der Waals surface area contributed by atoms with Crippen molar-refractivity contribution < 1.29 is 26.3 Å². The lowest BCUT2D eigenvalue weighted by Crippen LogP contribution is -2.13. The minimum absolute atomic E-state index is 0.0295. The van der Waals surface area contributed by atoms with Gasteiger partial charge in [-0.15, -0.1) is 0 Å². The standard InChI is InChI=1S/C14H17F6N/c1-9(3-2-4-21)5-10-6-11(13(15,16)17)8-12(7-10)14(18,19)20/h6-9H,2-5,21H2,1H3. The van der Waals surface area contributed by atoms with Crippen LogP contribution < -0.4 is 5.73 Å². The van der Waals surface area contributed by atoms with E-state index in [9.17, 15) is 26.3 Å². The van der Waals surface area contributed by atoms with Gasteiger partial charge in [-0.3, -0.25) is 0 Å². The van der Waals surface area contributed by atoms with Gasteiger partial charge in [0, 0.05) is 0 Å². The highest BCUT2D eigenvalue weighted by Crippen LogP contribution is 2.36. The summed E-state index contributed by atoms with van der Waals surface area (Å²) in [6, 6.07) is 1.72. The molecule has 0 heterocycles. The Morgan fingerprint density at radius 1 is 0.952 bits per heavy atom. The van der Waals surface area contributed by atoms with Crippen molar-refractivity contribution in [2.75, 3.05) is 6.54 Å². The molecule has 0 bridgehead atoms. The predicted molar refractivity (Wildman–Crippen MR) is 67.6 cm³/mol. The molecule has 0 saturated heterocycles. The van der Waals surface area contributed by atoms with Gasteiger partial charge >= 0.3 is 12.4 Å². The van der Waals surface area contributed by atoms with E-state index in [1.54, 1.807) is 6.92 Å². The third-order valence-corrected chi connectivity index (χ3v) is 3.13. The van der Waals surface area contributed by atoms with Crippen LogP contribution in [0.2, 0.25) is 0 Å². The van der Waals surface area contributed by atoms with E-state index in [4.69, 9.17) is 5.73 Å². The normalized spacial score (nSPS) is 14.3. The number of nitrogens with two attached hydrogens (primary N) is 1. The number of hydrogen-bond acceptors (Lipinski definition) is 1. The predicted octanol–water partition coefficient (Wildman–Crippen LogP) is 4.64. The van der Waals surface area contributed by atoms with Gasteiger partial charge in [0.05, 0.1) is 11.1 Å². The largest absolute Gasteiger partial charge is 0.416 e. The highest BCUT2D eigenvalue weighted by Gasteiger charge is 2.36. The van der Waals surface area contributed by atoms with Crippen LogP contribution in [0.3, 0.4) is 0 Å². The van der Waals surface area contributed by atoms with Crippen LogP contribution in [0.5, 0.6) is 0 Å². The molecule has 1 aromatic rings. The first kappa shape index (κ1) is 17.8. The topological polar surface area (TPSA) is 26.0 Å². The van der Waals surface area contributed by atoms with Crippen molar-refractivity contribution in [1.29, 1.82) is 0 Å². The summed E-state index contributed by atoms with van der Waals surface area (Å²) in [5.41, 5.74) is 2.85. The molecule has 120 valence electrons. The zero-order chi connectivity index (χ0) is 16.3. The van der Waals surface area contributed by atoms with E-state index in [1.807, 2.05) is 0 Å². The lowest BCUT2D eigenvalue weighted by molar-refractivity contribution is -0.143. The highest BCUT2D eigenvalue weighted by molar-refractivity contribution is 5.33.